The molecule has 120 valence electrons. The second-order valence-electron chi connectivity index (χ2n) is 5.20. The molecule has 0 radical (unpaired) electrons. The van der Waals surface area contributed by atoms with Gasteiger partial charge in [-0.25, -0.2) is 0 Å². The summed E-state index contributed by atoms with van der Waals surface area (Å²) in [7, 11) is 1.63. The summed E-state index contributed by atoms with van der Waals surface area (Å²) in [6.07, 6.45) is 6.66. The van der Waals surface area contributed by atoms with E-state index >= 15 is 0 Å². The lowest BCUT2D eigenvalue weighted by molar-refractivity contribution is 0.146. The molecule has 1 aliphatic carbocycles. The standard InChI is InChI=1S/C10H14ClNO2.C6H13N/c1-13-4-5-14-10-3-2-9(11)6-8(10)7-12;7-6-4-2-1-3-5-6/h2-3,6H,4-5,7,12H2,1H3;6H,1-5,7H2. The van der Waals surface area contributed by atoms with Gasteiger partial charge in [0, 0.05) is 30.3 Å². The number of benzene rings is 1. The molecule has 0 spiro atoms. The van der Waals surface area contributed by atoms with Gasteiger partial charge >= 0.3 is 0 Å². The lowest BCUT2D eigenvalue weighted by atomic mass is 9.97. The SMILES string of the molecule is COCCOc1ccc(Cl)cc1CN.NC1CCCCC1. The van der Waals surface area contributed by atoms with Crippen LogP contribution in [0.15, 0.2) is 18.2 Å². The predicted octanol–water partition coefficient (Wildman–Crippen LogP) is 3.10. The summed E-state index contributed by atoms with van der Waals surface area (Å²) in [6.45, 7) is 1.50. The van der Waals surface area contributed by atoms with Gasteiger partial charge in [0.05, 0.1) is 6.61 Å². The fourth-order valence-electron chi connectivity index (χ4n) is 2.22. The topological polar surface area (TPSA) is 70.5 Å². The fourth-order valence-corrected chi connectivity index (χ4v) is 2.41. The van der Waals surface area contributed by atoms with Crippen molar-refractivity contribution in [2.24, 2.45) is 11.5 Å². The van der Waals surface area contributed by atoms with Crippen molar-refractivity contribution in [1.29, 1.82) is 0 Å². The first-order valence-electron chi connectivity index (χ1n) is 7.53. The molecular formula is C16H27ClN2O2. The second kappa shape index (κ2) is 10.9. The molecule has 0 aliphatic heterocycles. The van der Waals surface area contributed by atoms with Crippen molar-refractivity contribution in [3.63, 3.8) is 0 Å². The fraction of sp³-hybridized carbons (Fsp3) is 0.625. The monoisotopic (exact) mass is 314 g/mol. The summed E-state index contributed by atoms with van der Waals surface area (Å²) < 4.78 is 10.3. The predicted molar refractivity (Wildman–Crippen MR) is 87.8 cm³/mol. The van der Waals surface area contributed by atoms with E-state index in [9.17, 15) is 0 Å². The van der Waals surface area contributed by atoms with E-state index in [1.165, 1.54) is 32.1 Å². The van der Waals surface area contributed by atoms with Gasteiger partial charge in [0.25, 0.3) is 0 Å². The van der Waals surface area contributed by atoms with Gasteiger partial charge in [-0.05, 0) is 31.0 Å². The molecule has 0 heterocycles. The molecule has 0 aromatic heterocycles. The van der Waals surface area contributed by atoms with Crippen LogP contribution in [0.1, 0.15) is 37.7 Å². The molecule has 4 nitrogen and oxygen atoms in total. The third-order valence-electron chi connectivity index (χ3n) is 3.44. The van der Waals surface area contributed by atoms with Crippen molar-refractivity contribution in [1.82, 2.24) is 0 Å². The van der Waals surface area contributed by atoms with Crippen LogP contribution in [0.4, 0.5) is 0 Å². The van der Waals surface area contributed by atoms with Gasteiger partial charge in [-0.1, -0.05) is 30.9 Å². The molecule has 21 heavy (non-hydrogen) atoms. The Balaban J connectivity index is 0.000000262. The average Bonchev–Trinajstić information content (AvgIpc) is 2.50. The zero-order valence-corrected chi connectivity index (χ0v) is 13.6. The number of hydrogen-bond donors (Lipinski definition) is 2. The molecule has 1 aliphatic rings. The van der Waals surface area contributed by atoms with Crippen LogP contribution in [0.25, 0.3) is 0 Å². The molecule has 2 rings (SSSR count). The molecule has 5 heteroatoms. The Kier molecular flexibility index (Phi) is 9.42. The van der Waals surface area contributed by atoms with Crippen LogP contribution >= 0.6 is 11.6 Å². The highest BCUT2D eigenvalue weighted by atomic mass is 35.5. The number of ether oxygens (including phenoxy) is 2. The first-order valence-corrected chi connectivity index (χ1v) is 7.91. The second-order valence-corrected chi connectivity index (χ2v) is 5.63. The van der Waals surface area contributed by atoms with Gasteiger partial charge in [-0.15, -0.1) is 0 Å². The molecule has 0 atom stereocenters. The minimum atomic E-state index is 0.420. The minimum absolute atomic E-state index is 0.420. The minimum Gasteiger partial charge on any atom is -0.491 e. The Labute approximate surface area is 132 Å². The zero-order valence-electron chi connectivity index (χ0n) is 12.8. The van der Waals surface area contributed by atoms with Crippen molar-refractivity contribution < 1.29 is 9.47 Å². The van der Waals surface area contributed by atoms with Crippen molar-refractivity contribution in [2.75, 3.05) is 20.3 Å². The smallest absolute Gasteiger partial charge is 0.124 e. The third kappa shape index (κ3) is 7.67. The molecule has 1 fully saturated rings. The van der Waals surface area contributed by atoms with Crippen LogP contribution in [0.5, 0.6) is 5.75 Å². The van der Waals surface area contributed by atoms with Crippen LogP contribution < -0.4 is 16.2 Å². The largest absolute Gasteiger partial charge is 0.491 e. The number of rotatable bonds is 5. The third-order valence-corrected chi connectivity index (χ3v) is 3.67. The average molecular weight is 315 g/mol. The molecule has 4 N–H and O–H groups in total. The zero-order chi connectivity index (χ0) is 15.5. The van der Waals surface area contributed by atoms with Crippen molar-refractivity contribution >= 4 is 11.6 Å². The van der Waals surface area contributed by atoms with Crippen LogP contribution in [0.3, 0.4) is 0 Å². The first kappa shape index (κ1) is 18.2. The highest BCUT2D eigenvalue weighted by Crippen LogP contribution is 2.22. The van der Waals surface area contributed by atoms with E-state index < -0.39 is 0 Å². The Morgan fingerprint density at radius 1 is 1.19 bits per heavy atom. The van der Waals surface area contributed by atoms with E-state index in [1.54, 1.807) is 13.2 Å². The number of methoxy groups -OCH3 is 1. The van der Waals surface area contributed by atoms with Gasteiger partial charge in [-0.2, -0.15) is 0 Å². The molecule has 1 aromatic carbocycles. The summed E-state index contributed by atoms with van der Waals surface area (Å²) in [5.41, 5.74) is 12.1. The molecule has 0 bridgehead atoms. The van der Waals surface area contributed by atoms with Gasteiger partial charge in [0.15, 0.2) is 0 Å². The van der Waals surface area contributed by atoms with E-state index in [0.717, 1.165) is 11.3 Å². The maximum absolute atomic E-state index is 5.82. The summed E-state index contributed by atoms with van der Waals surface area (Å²) in [5, 5.41) is 0.671. The van der Waals surface area contributed by atoms with Crippen LogP contribution in [0.2, 0.25) is 5.02 Å². The number of nitrogens with two attached hydrogens (primary N) is 2. The molecule has 1 saturated carbocycles. The van der Waals surface area contributed by atoms with Crippen molar-refractivity contribution in [2.45, 2.75) is 44.7 Å². The summed E-state index contributed by atoms with van der Waals surface area (Å²) in [5.74, 6) is 0.772. The van der Waals surface area contributed by atoms with Crippen LogP contribution in [-0.2, 0) is 11.3 Å². The lowest BCUT2D eigenvalue weighted by Gasteiger charge is -2.15. The highest BCUT2D eigenvalue weighted by Gasteiger charge is 2.06. The van der Waals surface area contributed by atoms with Gasteiger partial charge < -0.3 is 20.9 Å². The van der Waals surface area contributed by atoms with E-state index in [4.69, 9.17) is 32.5 Å². The van der Waals surface area contributed by atoms with E-state index in [-0.39, 0.29) is 0 Å². The summed E-state index contributed by atoms with van der Waals surface area (Å²) >= 11 is 5.82. The summed E-state index contributed by atoms with van der Waals surface area (Å²) in [6, 6.07) is 5.95. The maximum atomic E-state index is 5.82. The highest BCUT2D eigenvalue weighted by molar-refractivity contribution is 6.30. The maximum Gasteiger partial charge on any atom is 0.124 e. The molecule has 0 unspecified atom stereocenters. The van der Waals surface area contributed by atoms with Crippen molar-refractivity contribution in [3.8, 4) is 5.75 Å². The van der Waals surface area contributed by atoms with E-state index in [0.29, 0.717) is 30.8 Å². The Hall–Kier alpha value is -0.810. The Bertz CT molecular complexity index is 396. The molecule has 0 saturated heterocycles. The van der Waals surface area contributed by atoms with Crippen LogP contribution in [0, 0.1) is 0 Å². The molecule has 0 amide bonds. The Morgan fingerprint density at radius 3 is 2.43 bits per heavy atom. The number of halogens is 1. The molecular weight excluding hydrogens is 288 g/mol. The van der Waals surface area contributed by atoms with Gasteiger partial charge in [-0.3, -0.25) is 0 Å². The van der Waals surface area contributed by atoms with E-state index in [1.807, 2.05) is 12.1 Å². The van der Waals surface area contributed by atoms with Crippen LogP contribution in [-0.4, -0.2) is 26.4 Å². The van der Waals surface area contributed by atoms with Gasteiger partial charge in [0.1, 0.15) is 12.4 Å². The van der Waals surface area contributed by atoms with Crippen molar-refractivity contribution in [3.05, 3.63) is 28.8 Å². The Morgan fingerprint density at radius 2 is 1.90 bits per heavy atom. The lowest BCUT2D eigenvalue weighted by Crippen LogP contribution is -2.22. The quantitative estimate of drug-likeness (QED) is 0.819. The van der Waals surface area contributed by atoms with E-state index in [2.05, 4.69) is 0 Å². The normalized spacial score (nSPS) is 15.2. The molecule has 1 aromatic rings. The first-order chi connectivity index (χ1) is 10.2. The van der Waals surface area contributed by atoms with Gasteiger partial charge in [0.2, 0.25) is 0 Å². The number of hydrogen-bond acceptors (Lipinski definition) is 4. The summed E-state index contributed by atoms with van der Waals surface area (Å²) in [4.78, 5) is 0.